The van der Waals surface area contributed by atoms with E-state index in [1.165, 1.54) is 11.8 Å². The molecular formula is C30H31N3O11S. The largest absolute Gasteiger partial charge is 0.484 e. The van der Waals surface area contributed by atoms with Crippen LogP contribution in [-0.2, 0) is 33.5 Å². The number of nitrogens with one attached hydrogen (secondary N) is 2. The first kappa shape index (κ1) is 32.9. The number of nitrogens with zero attached hydrogens (tertiary/aromatic N) is 1. The number of β-lactam (4-membered cyclic amide) rings is 1. The molecule has 4 rings (SSSR count). The number of rotatable bonds is 16. The Labute approximate surface area is 261 Å². The van der Waals surface area contributed by atoms with Gasteiger partial charge < -0.3 is 35.1 Å². The first-order valence-electron chi connectivity index (χ1n) is 13.9. The number of fused-ring (bicyclic) bond motifs is 1. The standard InChI is InChI=1S/C30H31N3O11S/c34-22(13-7-12-21(29(38)39)31-23(35)15-42-19-8-3-1-4-9-19)32-25-27(37)33-26(30(40)41)18(17-45-28(25)33)14-44-24(36)16-43-20-10-5-2-6-11-20/h1-6,8-11,21,25,28H,7,12-17H2,(H,31,35)(H,32,34)(H,38,39)(H,40,41)/t21?,25-,28-/m1/s1. The summed E-state index contributed by atoms with van der Waals surface area (Å²) in [7, 11) is 0. The Morgan fingerprint density at radius 2 is 1.53 bits per heavy atom. The van der Waals surface area contributed by atoms with E-state index in [1.807, 2.05) is 0 Å². The van der Waals surface area contributed by atoms with Crippen molar-refractivity contribution in [2.24, 2.45) is 0 Å². The van der Waals surface area contributed by atoms with Gasteiger partial charge in [0, 0.05) is 17.7 Å². The van der Waals surface area contributed by atoms with Crippen molar-refractivity contribution < 1.29 is 53.2 Å². The van der Waals surface area contributed by atoms with Crippen LogP contribution >= 0.6 is 11.8 Å². The average molecular weight is 642 g/mol. The lowest BCUT2D eigenvalue weighted by molar-refractivity contribution is -0.151. The van der Waals surface area contributed by atoms with Crippen molar-refractivity contribution in [3.63, 3.8) is 0 Å². The average Bonchev–Trinajstić information content (AvgIpc) is 3.04. The highest BCUT2D eigenvalue weighted by atomic mass is 32.2. The van der Waals surface area contributed by atoms with Gasteiger partial charge in [0.25, 0.3) is 11.8 Å². The van der Waals surface area contributed by atoms with Crippen LogP contribution in [-0.4, -0.2) is 93.8 Å². The van der Waals surface area contributed by atoms with Crippen molar-refractivity contribution in [3.05, 3.63) is 71.9 Å². The lowest BCUT2D eigenvalue weighted by atomic mass is 10.0. The summed E-state index contributed by atoms with van der Waals surface area (Å²) in [5.74, 6) is -4.11. The first-order chi connectivity index (χ1) is 21.6. The van der Waals surface area contributed by atoms with E-state index < -0.39 is 53.1 Å². The highest BCUT2D eigenvalue weighted by molar-refractivity contribution is 8.00. The van der Waals surface area contributed by atoms with Crippen LogP contribution in [0, 0.1) is 0 Å². The summed E-state index contributed by atoms with van der Waals surface area (Å²) in [6, 6.07) is 14.9. The number of esters is 1. The van der Waals surface area contributed by atoms with Crippen LogP contribution in [0.1, 0.15) is 19.3 Å². The van der Waals surface area contributed by atoms with Crippen molar-refractivity contribution in [2.45, 2.75) is 36.7 Å². The van der Waals surface area contributed by atoms with E-state index in [2.05, 4.69) is 10.6 Å². The predicted octanol–water partition coefficient (Wildman–Crippen LogP) is 1.17. The molecule has 1 fully saturated rings. The molecule has 0 bridgehead atoms. The number of hydrogen-bond acceptors (Lipinski definition) is 10. The summed E-state index contributed by atoms with van der Waals surface area (Å²) in [6.07, 6.45) is -0.0861. The lowest BCUT2D eigenvalue weighted by Gasteiger charge is -2.49. The molecule has 2 aromatic rings. The maximum Gasteiger partial charge on any atom is 0.352 e. The third kappa shape index (κ3) is 8.98. The minimum atomic E-state index is -1.37. The van der Waals surface area contributed by atoms with E-state index in [4.69, 9.17) is 14.2 Å². The maximum atomic E-state index is 12.9. The minimum Gasteiger partial charge on any atom is -0.484 e. The topological polar surface area (TPSA) is 198 Å². The highest BCUT2D eigenvalue weighted by Gasteiger charge is 2.54. The van der Waals surface area contributed by atoms with Gasteiger partial charge in [0.05, 0.1) is 0 Å². The molecule has 45 heavy (non-hydrogen) atoms. The van der Waals surface area contributed by atoms with E-state index >= 15 is 0 Å². The second-order valence-electron chi connectivity index (χ2n) is 9.93. The Morgan fingerprint density at radius 3 is 2.13 bits per heavy atom. The van der Waals surface area contributed by atoms with Gasteiger partial charge in [0.1, 0.15) is 41.3 Å². The molecule has 4 N–H and O–H groups in total. The summed E-state index contributed by atoms with van der Waals surface area (Å²) >= 11 is 1.21. The van der Waals surface area contributed by atoms with E-state index in [0.717, 1.165) is 4.90 Å². The van der Waals surface area contributed by atoms with Crippen LogP contribution in [0.4, 0.5) is 0 Å². The number of aliphatic carboxylic acids is 2. The van der Waals surface area contributed by atoms with Crippen LogP contribution in [0.15, 0.2) is 71.9 Å². The minimum absolute atomic E-state index is 0.0485. The van der Waals surface area contributed by atoms with Crippen molar-refractivity contribution in [2.75, 3.05) is 25.6 Å². The summed E-state index contributed by atoms with van der Waals surface area (Å²) in [5, 5.41) is 23.5. The molecule has 2 aliphatic heterocycles. The Balaban J connectivity index is 1.22. The van der Waals surface area contributed by atoms with Crippen LogP contribution in [0.25, 0.3) is 0 Å². The van der Waals surface area contributed by atoms with Gasteiger partial charge in [0.2, 0.25) is 5.91 Å². The van der Waals surface area contributed by atoms with Crippen molar-refractivity contribution >= 4 is 47.4 Å². The maximum absolute atomic E-state index is 12.9. The molecule has 0 aliphatic carbocycles. The quantitative estimate of drug-likeness (QED) is 0.151. The third-order valence-corrected chi connectivity index (χ3v) is 8.06. The fourth-order valence-corrected chi connectivity index (χ4v) is 5.86. The molecule has 0 radical (unpaired) electrons. The van der Waals surface area contributed by atoms with E-state index in [9.17, 15) is 39.0 Å². The van der Waals surface area contributed by atoms with E-state index in [1.54, 1.807) is 60.7 Å². The predicted molar refractivity (Wildman–Crippen MR) is 158 cm³/mol. The Bertz CT molecular complexity index is 1450. The van der Waals surface area contributed by atoms with Crippen LogP contribution in [0.2, 0.25) is 0 Å². The fraction of sp³-hybridized carbons (Fsp3) is 0.333. The van der Waals surface area contributed by atoms with Crippen molar-refractivity contribution in [3.8, 4) is 11.5 Å². The van der Waals surface area contributed by atoms with Gasteiger partial charge in [-0.25, -0.2) is 14.4 Å². The molecule has 0 aromatic heterocycles. The zero-order valence-electron chi connectivity index (χ0n) is 23.9. The number of carbonyl (C=O) groups is 6. The number of para-hydroxylation sites is 2. The smallest absolute Gasteiger partial charge is 0.352 e. The number of carboxylic acid groups (broad SMARTS) is 2. The van der Waals surface area contributed by atoms with Crippen LogP contribution < -0.4 is 20.1 Å². The summed E-state index contributed by atoms with van der Waals surface area (Å²) in [5.41, 5.74) is -0.0758. The normalized spacial score (nSPS) is 17.7. The van der Waals surface area contributed by atoms with Gasteiger partial charge in [-0.2, -0.15) is 0 Å². The molecule has 0 saturated carbocycles. The molecule has 2 aromatic carbocycles. The number of amides is 3. The number of benzene rings is 2. The zero-order valence-corrected chi connectivity index (χ0v) is 24.7. The molecule has 0 spiro atoms. The molecule has 2 aliphatic rings. The third-order valence-electron chi connectivity index (χ3n) is 6.72. The molecule has 15 heteroatoms. The molecule has 3 atom stereocenters. The SMILES string of the molecule is O=C(COc1ccccc1)NC(CCCC(=O)N[C@@H]1C(=O)N2C(C(=O)O)=C(COC(=O)COc3ccccc3)CS[C@H]12)C(=O)O. The Hall–Kier alpha value is -5.05. The van der Waals surface area contributed by atoms with Crippen LogP contribution in [0.5, 0.6) is 11.5 Å². The number of thioether (sulfide) groups is 1. The Kier molecular flexibility index (Phi) is 11.4. The molecule has 1 unspecified atom stereocenters. The second-order valence-corrected chi connectivity index (χ2v) is 11.0. The molecule has 238 valence electrons. The van der Waals surface area contributed by atoms with Gasteiger partial charge in [-0.05, 0) is 37.1 Å². The summed E-state index contributed by atoms with van der Waals surface area (Å²) in [6.45, 7) is -1.11. The van der Waals surface area contributed by atoms with Crippen molar-refractivity contribution in [1.29, 1.82) is 0 Å². The van der Waals surface area contributed by atoms with Gasteiger partial charge in [0.15, 0.2) is 13.2 Å². The van der Waals surface area contributed by atoms with Crippen LogP contribution in [0.3, 0.4) is 0 Å². The molecule has 14 nitrogen and oxygen atoms in total. The van der Waals surface area contributed by atoms with Gasteiger partial charge in [-0.3, -0.25) is 19.3 Å². The number of carbonyl (C=O) groups excluding carboxylic acids is 4. The first-order valence-corrected chi connectivity index (χ1v) is 14.9. The summed E-state index contributed by atoms with van der Waals surface area (Å²) < 4.78 is 15.8. The Morgan fingerprint density at radius 1 is 0.911 bits per heavy atom. The van der Waals surface area contributed by atoms with Crippen molar-refractivity contribution in [1.82, 2.24) is 15.5 Å². The second kappa shape index (κ2) is 15.6. The number of ether oxygens (including phenoxy) is 3. The lowest BCUT2D eigenvalue weighted by Crippen LogP contribution is -2.70. The monoisotopic (exact) mass is 641 g/mol. The molecule has 1 saturated heterocycles. The van der Waals surface area contributed by atoms with Gasteiger partial charge >= 0.3 is 17.9 Å². The van der Waals surface area contributed by atoms with E-state index in [0.29, 0.717) is 11.5 Å². The summed E-state index contributed by atoms with van der Waals surface area (Å²) in [4.78, 5) is 74.4. The molecular weight excluding hydrogens is 610 g/mol. The molecule has 3 amide bonds. The van der Waals surface area contributed by atoms with Gasteiger partial charge in [-0.15, -0.1) is 11.8 Å². The fourth-order valence-electron chi connectivity index (χ4n) is 4.53. The number of hydrogen-bond donors (Lipinski definition) is 4. The highest BCUT2D eigenvalue weighted by Crippen LogP contribution is 2.40. The zero-order chi connectivity index (χ0) is 32.3. The van der Waals surface area contributed by atoms with E-state index in [-0.39, 0.29) is 56.1 Å². The number of carboxylic acids is 2. The van der Waals surface area contributed by atoms with Gasteiger partial charge in [-0.1, -0.05) is 36.4 Å². The molecule has 2 heterocycles.